The van der Waals surface area contributed by atoms with E-state index in [9.17, 15) is 13.2 Å². The van der Waals surface area contributed by atoms with Crippen LogP contribution in [-0.2, 0) is 4.74 Å². The normalized spacial score (nSPS) is 13.7. The number of hydrogen-bond acceptors (Lipinski definition) is 5. The van der Waals surface area contributed by atoms with Gasteiger partial charge in [0.05, 0.1) is 6.61 Å². The Morgan fingerprint density at radius 3 is 2.90 bits per heavy atom. The molecule has 20 heavy (non-hydrogen) atoms. The molecule has 2 aromatic heterocycles. The second-order valence-corrected chi connectivity index (χ2v) is 4.43. The number of hydrogen-bond donors (Lipinski definition) is 1. The van der Waals surface area contributed by atoms with Crippen LogP contribution in [0, 0.1) is 6.92 Å². The molecule has 0 saturated heterocycles. The molecule has 0 aromatic carbocycles. The lowest BCUT2D eigenvalue weighted by molar-refractivity contribution is -0.174. The van der Waals surface area contributed by atoms with Gasteiger partial charge in [-0.3, -0.25) is 0 Å². The van der Waals surface area contributed by atoms with E-state index < -0.39 is 12.8 Å². The minimum absolute atomic E-state index is 0.0724. The first kappa shape index (κ1) is 14.5. The van der Waals surface area contributed by atoms with Crippen molar-refractivity contribution in [3.8, 4) is 0 Å². The fourth-order valence-electron chi connectivity index (χ4n) is 1.68. The fraction of sp³-hybridized carbons (Fsp3) is 0.545. The summed E-state index contributed by atoms with van der Waals surface area (Å²) in [7, 11) is 0. The second kappa shape index (κ2) is 5.61. The second-order valence-electron chi connectivity index (χ2n) is 4.43. The quantitative estimate of drug-likeness (QED) is 0.909. The van der Waals surface area contributed by atoms with E-state index in [0.29, 0.717) is 11.6 Å². The molecule has 0 amide bonds. The molecule has 2 rings (SSSR count). The maximum absolute atomic E-state index is 12.0. The summed E-state index contributed by atoms with van der Waals surface area (Å²) in [4.78, 5) is 8.13. The largest absolute Gasteiger partial charge is 0.411 e. The van der Waals surface area contributed by atoms with Gasteiger partial charge in [-0.05, 0) is 13.8 Å². The minimum atomic E-state index is -4.31. The first-order valence-electron chi connectivity index (χ1n) is 5.93. The van der Waals surface area contributed by atoms with E-state index in [1.165, 1.54) is 10.8 Å². The van der Waals surface area contributed by atoms with E-state index in [1.54, 1.807) is 19.9 Å². The molecule has 0 spiro atoms. The monoisotopic (exact) mass is 289 g/mol. The number of rotatable bonds is 5. The van der Waals surface area contributed by atoms with Gasteiger partial charge in [-0.1, -0.05) is 0 Å². The summed E-state index contributed by atoms with van der Waals surface area (Å²) in [6.45, 7) is 2.18. The maximum Gasteiger partial charge on any atom is 0.411 e. The van der Waals surface area contributed by atoms with Crippen molar-refractivity contribution in [1.82, 2.24) is 19.6 Å². The van der Waals surface area contributed by atoms with Crippen LogP contribution < -0.4 is 5.32 Å². The number of halogens is 3. The Morgan fingerprint density at radius 2 is 2.20 bits per heavy atom. The summed E-state index contributed by atoms with van der Waals surface area (Å²) in [6, 6.07) is 1.42. The van der Waals surface area contributed by atoms with Gasteiger partial charge in [0.2, 0.25) is 0 Å². The number of nitrogens with zero attached hydrogens (tertiary/aromatic N) is 4. The molecule has 110 valence electrons. The molecule has 6 nitrogen and oxygen atoms in total. The lowest BCUT2D eigenvalue weighted by Crippen LogP contribution is -2.27. The van der Waals surface area contributed by atoms with E-state index in [2.05, 4.69) is 25.1 Å². The molecule has 1 N–H and O–H groups in total. The summed E-state index contributed by atoms with van der Waals surface area (Å²) in [5.74, 6) is 1.03. The Hall–Kier alpha value is -1.90. The van der Waals surface area contributed by atoms with Gasteiger partial charge < -0.3 is 10.1 Å². The molecule has 2 aromatic rings. The zero-order chi connectivity index (χ0) is 14.8. The van der Waals surface area contributed by atoms with E-state index >= 15 is 0 Å². The average molecular weight is 289 g/mol. The Labute approximate surface area is 113 Å². The zero-order valence-corrected chi connectivity index (χ0v) is 11.0. The summed E-state index contributed by atoms with van der Waals surface area (Å²) in [5.41, 5.74) is 0.733. The van der Waals surface area contributed by atoms with Gasteiger partial charge in [0, 0.05) is 17.8 Å². The summed E-state index contributed by atoms with van der Waals surface area (Å²) in [6.07, 6.45) is -2.95. The predicted octanol–water partition coefficient (Wildman–Crippen LogP) is 1.81. The Bertz CT molecular complexity index is 583. The molecule has 0 aliphatic rings. The van der Waals surface area contributed by atoms with Crippen molar-refractivity contribution < 1.29 is 17.9 Å². The Morgan fingerprint density at radius 1 is 1.45 bits per heavy atom. The van der Waals surface area contributed by atoms with Gasteiger partial charge >= 0.3 is 6.18 Å². The predicted molar refractivity (Wildman–Crippen MR) is 65.5 cm³/mol. The fourth-order valence-corrected chi connectivity index (χ4v) is 1.68. The van der Waals surface area contributed by atoms with Crippen molar-refractivity contribution in [3.63, 3.8) is 0 Å². The molecule has 0 radical (unpaired) electrons. The molecule has 2 heterocycles. The van der Waals surface area contributed by atoms with Crippen molar-refractivity contribution >= 4 is 11.6 Å². The van der Waals surface area contributed by atoms with Crippen LogP contribution in [0.5, 0.6) is 0 Å². The highest BCUT2D eigenvalue weighted by Gasteiger charge is 2.27. The van der Waals surface area contributed by atoms with Crippen molar-refractivity contribution in [2.45, 2.75) is 26.1 Å². The summed E-state index contributed by atoms with van der Waals surface area (Å²) < 4.78 is 42.0. The SMILES string of the molecule is Cc1cc(N[C@@H](C)COCC(F)(F)F)n2ncnc2n1. The number of alkyl halides is 3. The van der Waals surface area contributed by atoms with E-state index in [-0.39, 0.29) is 12.6 Å². The number of fused-ring (bicyclic) bond motifs is 1. The molecule has 0 unspecified atom stereocenters. The average Bonchev–Trinajstić information content (AvgIpc) is 2.74. The van der Waals surface area contributed by atoms with Crippen LogP contribution in [0.25, 0.3) is 5.78 Å². The third kappa shape index (κ3) is 3.80. The van der Waals surface area contributed by atoms with Crippen LogP contribution in [0.3, 0.4) is 0 Å². The molecular formula is C11H14F3N5O. The van der Waals surface area contributed by atoms with Crippen LogP contribution >= 0.6 is 0 Å². The number of nitrogens with one attached hydrogen (secondary N) is 1. The lowest BCUT2D eigenvalue weighted by atomic mass is 10.3. The van der Waals surface area contributed by atoms with Gasteiger partial charge in [0.15, 0.2) is 0 Å². The molecule has 0 aliphatic carbocycles. The van der Waals surface area contributed by atoms with Crippen molar-refractivity contribution in [3.05, 3.63) is 18.1 Å². The zero-order valence-electron chi connectivity index (χ0n) is 11.0. The highest BCUT2D eigenvalue weighted by Crippen LogP contribution is 2.15. The molecular weight excluding hydrogens is 275 g/mol. The maximum atomic E-state index is 12.0. The topological polar surface area (TPSA) is 64.3 Å². The van der Waals surface area contributed by atoms with E-state index in [4.69, 9.17) is 0 Å². The standard InChI is InChI=1S/C11H14F3N5O/c1-7-3-9(19-10(18-7)15-6-16-19)17-8(2)4-20-5-11(12,13)14/h3,6,8,17H,4-5H2,1-2H3/t8-/m0/s1. The number of ether oxygens (including phenoxy) is 1. The highest BCUT2D eigenvalue weighted by molar-refractivity contribution is 5.45. The molecule has 0 saturated carbocycles. The third-order valence-corrected chi connectivity index (χ3v) is 2.41. The first-order chi connectivity index (χ1) is 9.35. The van der Waals surface area contributed by atoms with Crippen molar-refractivity contribution in [2.75, 3.05) is 18.5 Å². The smallest absolute Gasteiger partial charge is 0.370 e. The van der Waals surface area contributed by atoms with Crippen LogP contribution in [0.1, 0.15) is 12.6 Å². The highest BCUT2D eigenvalue weighted by atomic mass is 19.4. The Balaban J connectivity index is 1.99. The van der Waals surface area contributed by atoms with Crippen LogP contribution in [0.15, 0.2) is 12.4 Å². The molecule has 1 atom stereocenters. The molecule has 0 aliphatic heterocycles. The van der Waals surface area contributed by atoms with Crippen LogP contribution in [-0.4, -0.2) is 45.0 Å². The van der Waals surface area contributed by atoms with Crippen molar-refractivity contribution in [1.29, 1.82) is 0 Å². The Kier molecular flexibility index (Phi) is 4.07. The summed E-state index contributed by atoms with van der Waals surface area (Å²) >= 11 is 0. The van der Waals surface area contributed by atoms with Crippen LogP contribution in [0.2, 0.25) is 0 Å². The lowest BCUT2D eigenvalue weighted by Gasteiger charge is -2.16. The van der Waals surface area contributed by atoms with E-state index in [1.807, 2.05) is 0 Å². The molecule has 0 bridgehead atoms. The van der Waals surface area contributed by atoms with Gasteiger partial charge in [0.25, 0.3) is 5.78 Å². The number of aromatic nitrogens is 4. The third-order valence-electron chi connectivity index (χ3n) is 2.41. The van der Waals surface area contributed by atoms with Crippen molar-refractivity contribution in [2.24, 2.45) is 0 Å². The molecule has 9 heteroatoms. The summed E-state index contributed by atoms with van der Waals surface area (Å²) in [5, 5.41) is 7.02. The van der Waals surface area contributed by atoms with Gasteiger partial charge in [-0.2, -0.15) is 27.8 Å². The number of aryl methyl sites for hydroxylation is 1. The van der Waals surface area contributed by atoms with Gasteiger partial charge in [-0.15, -0.1) is 0 Å². The van der Waals surface area contributed by atoms with E-state index in [0.717, 1.165) is 5.69 Å². The van der Waals surface area contributed by atoms with Crippen LogP contribution in [0.4, 0.5) is 19.0 Å². The number of anilines is 1. The molecule has 0 fully saturated rings. The first-order valence-corrected chi connectivity index (χ1v) is 5.93. The minimum Gasteiger partial charge on any atom is -0.370 e. The van der Waals surface area contributed by atoms with Gasteiger partial charge in [-0.25, -0.2) is 4.98 Å². The van der Waals surface area contributed by atoms with Gasteiger partial charge in [0.1, 0.15) is 18.8 Å².